The van der Waals surface area contributed by atoms with Gasteiger partial charge >= 0.3 is 0 Å². The molecule has 23 heavy (non-hydrogen) atoms. The maximum Gasteiger partial charge on any atom is 0.264 e. The standard InChI is InChI=1S/C19H21N3O/c23-19-16-13-7-2-3-8-14(13)18(21-10-4-1-5-11-21)20-17(16)15-9-6-12-22(15)19/h6,9,12H,1-5,7-8,10-11H2. The van der Waals surface area contributed by atoms with Crippen molar-refractivity contribution in [1.29, 1.82) is 0 Å². The minimum atomic E-state index is 0.121. The second kappa shape index (κ2) is 4.95. The van der Waals surface area contributed by atoms with Gasteiger partial charge < -0.3 is 4.90 Å². The lowest BCUT2D eigenvalue weighted by Crippen LogP contribution is -2.32. The molecule has 0 atom stereocenters. The molecule has 0 N–H and O–H groups in total. The Morgan fingerprint density at radius 2 is 1.74 bits per heavy atom. The lowest BCUT2D eigenvalue weighted by Gasteiger charge is -2.32. The molecule has 3 aliphatic rings. The summed E-state index contributed by atoms with van der Waals surface area (Å²) in [6.07, 6.45) is 10.2. The average Bonchev–Trinajstić information content (AvgIpc) is 3.18. The third-order valence-electron chi connectivity index (χ3n) is 5.57. The Balaban J connectivity index is 1.74. The summed E-state index contributed by atoms with van der Waals surface area (Å²) in [5, 5.41) is 0. The molecule has 0 saturated carbocycles. The van der Waals surface area contributed by atoms with Gasteiger partial charge in [0.05, 0.1) is 11.3 Å². The van der Waals surface area contributed by atoms with Gasteiger partial charge in [-0.05, 0) is 68.2 Å². The number of fused-ring (bicyclic) bond motifs is 5. The molecule has 0 bridgehead atoms. The Bertz CT molecular complexity index is 799. The van der Waals surface area contributed by atoms with E-state index in [1.807, 2.05) is 18.3 Å². The van der Waals surface area contributed by atoms with Crippen LogP contribution in [0.25, 0.3) is 11.4 Å². The lowest BCUT2D eigenvalue weighted by atomic mass is 9.87. The molecular formula is C19H21N3O. The van der Waals surface area contributed by atoms with Gasteiger partial charge in [0.2, 0.25) is 0 Å². The monoisotopic (exact) mass is 307 g/mol. The van der Waals surface area contributed by atoms with E-state index in [4.69, 9.17) is 4.98 Å². The zero-order chi connectivity index (χ0) is 15.4. The first-order valence-corrected chi connectivity index (χ1v) is 8.88. The topological polar surface area (TPSA) is 38.1 Å². The highest BCUT2D eigenvalue weighted by atomic mass is 16.2. The van der Waals surface area contributed by atoms with Crippen molar-refractivity contribution in [3.8, 4) is 11.4 Å². The second-order valence-corrected chi connectivity index (χ2v) is 6.94. The smallest absolute Gasteiger partial charge is 0.264 e. The molecular weight excluding hydrogens is 286 g/mol. The fourth-order valence-corrected chi connectivity index (χ4v) is 4.45. The molecule has 0 unspecified atom stereocenters. The minimum Gasteiger partial charge on any atom is -0.356 e. The van der Waals surface area contributed by atoms with E-state index in [1.165, 1.54) is 49.0 Å². The van der Waals surface area contributed by atoms with Crippen molar-refractivity contribution in [2.75, 3.05) is 18.0 Å². The number of pyridine rings is 1. The molecule has 4 heteroatoms. The van der Waals surface area contributed by atoms with Gasteiger partial charge in [0.1, 0.15) is 11.5 Å². The van der Waals surface area contributed by atoms with Crippen LogP contribution in [0.4, 0.5) is 5.82 Å². The van der Waals surface area contributed by atoms with Crippen LogP contribution >= 0.6 is 0 Å². The number of hydrogen-bond donors (Lipinski definition) is 0. The second-order valence-electron chi connectivity index (χ2n) is 6.94. The zero-order valence-corrected chi connectivity index (χ0v) is 13.3. The molecule has 4 heterocycles. The maximum absolute atomic E-state index is 12.8. The van der Waals surface area contributed by atoms with E-state index >= 15 is 0 Å². The van der Waals surface area contributed by atoms with E-state index in [1.54, 1.807) is 4.57 Å². The molecule has 1 saturated heterocycles. The van der Waals surface area contributed by atoms with E-state index in [0.717, 1.165) is 42.9 Å². The van der Waals surface area contributed by atoms with Crippen molar-refractivity contribution in [1.82, 2.24) is 9.55 Å². The third kappa shape index (κ3) is 1.84. The average molecular weight is 307 g/mol. The van der Waals surface area contributed by atoms with Crippen molar-refractivity contribution in [3.05, 3.63) is 35.0 Å². The van der Waals surface area contributed by atoms with Gasteiger partial charge in [-0.3, -0.25) is 9.36 Å². The number of anilines is 1. The minimum absolute atomic E-state index is 0.121. The van der Waals surface area contributed by atoms with Crippen LogP contribution in [0.5, 0.6) is 0 Å². The highest BCUT2D eigenvalue weighted by Crippen LogP contribution is 2.41. The van der Waals surface area contributed by atoms with Gasteiger partial charge in [0, 0.05) is 19.3 Å². The van der Waals surface area contributed by atoms with Crippen LogP contribution < -0.4 is 4.90 Å². The molecule has 0 spiro atoms. The molecule has 0 amide bonds. The first-order valence-electron chi connectivity index (χ1n) is 8.88. The molecule has 0 aromatic carbocycles. The Morgan fingerprint density at radius 3 is 2.57 bits per heavy atom. The van der Waals surface area contributed by atoms with E-state index in [9.17, 15) is 4.79 Å². The van der Waals surface area contributed by atoms with Gasteiger partial charge in [-0.1, -0.05) is 0 Å². The number of carbonyl (C=O) groups excluding carboxylic acids is 1. The van der Waals surface area contributed by atoms with Crippen LogP contribution in [0.3, 0.4) is 0 Å². The summed E-state index contributed by atoms with van der Waals surface area (Å²) in [6, 6.07) is 3.96. The van der Waals surface area contributed by atoms with Crippen molar-refractivity contribution < 1.29 is 4.79 Å². The number of nitrogens with zero attached hydrogens (tertiary/aromatic N) is 3. The molecule has 4 nitrogen and oxygen atoms in total. The largest absolute Gasteiger partial charge is 0.356 e. The molecule has 2 aromatic heterocycles. The summed E-state index contributed by atoms with van der Waals surface area (Å²) in [5.41, 5.74) is 5.42. The van der Waals surface area contributed by atoms with E-state index < -0.39 is 0 Å². The summed E-state index contributed by atoms with van der Waals surface area (Å²) in [4.78, 5) is 20.3. The van der Waals surface area contributed by atoms with E-state index in [-0.39, 0.29) is 5.91 Å². The Morgan fingerprint density at radius 1 is 0.957 bits per heavy atom. The van der Waals surface area contributed by atoms with Gasteiger partial charge in [-0.25, -0.2) is 4.98 Å². The quantitative estimate of drug-likeness (QED) is 0.691. The molecule has 5 rings (SSSR count). The van der Waals surface area contributed by atoms with Crippen molar-refractivity contribution >= 4 is 11.7 Å². The molecule has 118 valence electrons. The highest BCUT2D eigenvalue weighted by molar-refractivity contribution is 6.09. The molecule has 1 aliphatic carbocycles. The third-order valence-corrected chi connectivity index (χ3v) is 5.57. The van der Waals surface area contributed by atoms with Crippen molar-refractivity contribution in [2.24, 2.45) is 0 Å². The van der Waals surface area contributed by atoms with E-state index in [0.29, 0.717) is 0 Å². The number of piperidine rings is 1. The molecule has 0 radical (unpaired) electrons. The van der Waals surface area contributed by atoms with Crippen molar-refractivity contribution in [2.45, 2.75) is 44.9 Å². The van der Waals surface area contributed by atoms with Gasteiger partial charge in [-0.2, -0.15) is 0 Å². The predicted octanol–water partition coefficient (Wildman–Crippen LogP) is 3.42. The van der Waals surface area contributed by atoms with Crippen LogP contribution in [0, 0.1) is 0 Å². The predicted molar refractivity (Wildman–Crippen MR) is 90.1 cm³/mol. The number of aromatic nitrogens is 2. The van der Waals surface area contributed by atoms with Gasteiger partial charge in [-0.15, -0.1) is 0 Å². The summed E-state index contributed by atoms with van der Waals surface area (Å²) < 4.78 is 1.77. The zero-order valence-electron chi connectivity index (χ0n) is 13.3. The van der Waals surface area contributed by atoms with Crippen LogP contribution in [-0.2, 0) is 12.8 Å². The van der Waals surface area contributed by atoms with Crippen LogP contribution in [-0.4, -0.2) is 28.5 Å². The first kappa shape index (κ1) is 13.3. The Kier molecular flexibility index (Phi) is 2.87. The Hall–Kier alpha value is -2.10. The van der Waals surface area contributed by atoms with Crippen LogP contribution in [0.2, 0.25) is 0 Å². The van der Waals surface area contributed by atoms with Gasteiger partial charge in [0.25, 0.3) is 5.91 Å². The molecule has 1 fully saturated rings. The van der Waals surface area contributed by atoms with Crippen molar-refractivity contribution in [3.63, 3.8) is 0 Å². The van der Waals surface area contributed by atoms with Crippen LogP contribution in [0.1, 0.15) is 53.6 Å². The first-order chi connectivity index (χ1) is 11.3. The fraction of sp³-hybridized carbons (Fsp3) is 0.474. The lowest BCUT2D eigenvalue weighted by molar-refractivity contribution is 0.0968. The Labute approximate surface area is 136 Å². The van der Waals surface area contributed by atoms with Crippen LogP contribution in [0.15, 0.2) is 18.3 Å². The molecule has 2 aromatic rings. The summed E-state index contributed by atoms with van der Waals surface area (Å²) in [7, 11) is 0. The summed E-state index contributed by atoms with van der Waals surface area (Å²) in [6.45, 7) is 2.21. The SMILES string of the molecule is O=C1c2c(nc(N3CCCCC3)c3c2CCCC3)-c2cccn21. The normalized spacial score (nSPS) is 19.5. The highest BCUT2D eigenvalue weighted by Gasteiger charge is 2.34. The molecule has 2 aliphatic heterocycles. The fourth-order valence-electron chi connectivity index (χ4n) is 4.45. The summed E-state index contributed by atoms with van der Waals surface area (Å²) in [5.74, 6) is 1.29. The summed E-state index contributed by atoms with van der Waals surface area (Å²) >= 11 is 0. The van der Waals surface area contributed by atoms with E-state index in [2.05, 4.69) is 4.90 Å². The number of rotatable bonds is 1. The number of carbonyl (C=O) groups is 1. The number of hydrogen-bond acceptors (Lipinski definition) is 3. The maximum atomic E-state index is 12.8. The van der Waals surface area contributed by atoms with Gasteiger partial charge in [0.15, 0.2) is 0 Å².